The van der Waals surface area contributed by atoms with Crippen molar-refractivity contribution in [2.45, 2.75) is 56.8 Å². The molecule has 2 fully saturated rings. The minimum Gasteiger partial charge on any atom is -0.367 e. The Morgan fingerprint density at radius 1 is 1.38 bits per heavy atom. The van der Waals surface area contributed by atoms with Gasteiger partial charge in [0.1, 0.15) is 0 Å². The van der Waals surface area contributed by atoms with E-state index in [1.165, 1.54) is 38.5 Å². The zero-order valence-electron chi connectivity index (χ0n) is 8.50. The van der Waals surface area contributed by atoms with Gasteiger partial charge in [0.25, 0.3) is 0 Å². The highest BCUT2D eigenvalue weighted by molar-refractivity contribution is 7.99. The molecule has 0 bridgehead atoms. The summed E-state index contributed by atoms with van der Waals surface area (Å²) in [6, 6.07) is 0. The average molecular weight is 200 g/mol. The van der Waals surface area contributed by atoms with Gasteiger partial charge in [-0.15, -0.1) is 11.8 Å². The number of fused-ring (bicyclic) bond motifs is 1. The molecule has 1 nitrogen and oxygen atoms in total. The van der Waals surface area contributed by atoms with Crippen molar-refractivity contribution in [2.75, 3.05) is 5.94 Å². The molecule has 2 rings (SSSR count). The fraction of sp³-hybridized carbons (Fsp3) is 1.00. The molecule has 0 radical (unpaired) electrons. The lowest BCUT2D eigenvalue weighted by Gasteiger charge is -2.33. The fourth-order valence-corrected chi connectivity index (χ4v) is 3.95. The van der Waals surface area contributed by atoms with Crippen LogP contribution in [0.1, 0.15) is 45.4 Å². The fourth-order valence-electron chi connectivity index (χ4n) is 2.63. The van der Waals surface area contributed by atoms with Gasteiger partial charge >= 0.3 is 0 Å². The van der Waals surface area contributed by atoms with Gasteiger partial charge in [-0.25, -0.2) is 0 Å². The summed E-state index contributed by atoms with van der Waals surface area (Å²) in [6.45, 7) is 2.29. The first kappa shape index (κ1) is 9.85. The van der Waals surface area contributed by atoms with Gasteiger partial charge in [0.05, 0.1) is 12.0 Å². The zero-order chi connectivity index (χ0) is 9.10. The van der Waals surface area contributed by atoms with Gasteiger partial charge in [0.2, 0.25) is 0 Å². The Labute approximate surface area is 85.6 Å². The highest BCUT2D eigenvalue weighted by Crippen LogP contribution is 2.42. The van der Waals surface area contributed by atoms with Crippen LogP contribution in [0.15, 0.2) is 0 Å². The summed E-state index contributed by atoms with van der Waals surface area (Å²) in [6.07, 6.45) is 8.95. The first-order valence-corrected chi connectivity index (χ1v) is 6.70. The molecule has 0 aromatic rings. The van der Waals surface area contributed by atoms with Crippen LogP contribution in [0, 0.1) is 5.92 Å². The highest BCUT2D eigenvalue weighted by Gasteiger charge is 2.37. The smallest absolute Gasteiger partial charge is 0.0927 e. The lowest BCUT2D eigenvalue weighted by atomic mass is 9.97. The van der Waals surface area contributed by atoms with Crippen LogP contribution in [0.3, 0.4) is 0 Å². The van der Waals surface area contributed by atoms with Crippen LogP contribution in [-0.2, 0) is 4.74 Å². The quantitative estimate of drug-likeness (QED) is 0.690. The lowest BCUT2D eigenvalue weighted by Crippen LogP contribution is -2.32. The van der Waals surface area contributed by atoms with E-state index in [1.807, 2.05) is 0 Å². The molecular formula is C11H20OS. The third-order valence-corrected chi connectivity index (χ3v) is 4.67. The molecule has 0 aromatic carbocycles. The van der Waals surface area contributed by atoms with Gasteiger partial charge < -0.3 is 4.74 Å². The number of hydrogen-bond acceptors (Lipinski definition) is 2. The number of rotatable bonds is 3. The molecule has 3 atom stereocenters. The molecule has 13 heavy (non-hydrogen) atoms. The predicted molar refractivity (Wildman–Crippen MR) is 58.0 cm³/mol. The zero-order valence-corrected chi connectivity index (χ0v) is 9.31. The van der Waals surface area contributed by atoms with E-state index in [1.54, 1.807) is 0 Å². The third-order valence-electron chi connectivity index (χ3n) is 3.39. The summed E-state index contributed by atoms with van der Waals surface area (Å²) < 4.78 is 5.78. The van der Waals surface area contributed by atoms with E-state index in [-0.39, 0.29) is 0 Å². The van der Waals surface area contributed by atoms with Crippen molar-refractivity contribution in [1.29, 1.82) is 0 Å². The molecule has 3 unspecified atom stereocenters. The van der Waals surface area contributed by atoms with Crippen molar-refractivity contribution in [2.24, 2.45) is 5.92 Å². The predicted octanol–water partition coefficient (Wildman–Crippen LogP) is 3.43. The summed E-state index contributed by atoms with van der Waals surface area (Å²) in [7, 11) is 0. The maximum absolute atomic E-state index is 5.78. The highest BCUT2D eigenvalue weighted by atomic mass is 32.2. The summed E-state index contributed by atoms with van der Waals surface area (Å²) in [5, 5.41) is 0.918. The second-order valence-electron chi connectivity index (χ2n) is 4.27. The third kappa shape index (κ3) is 2.21. The van der Waals surface area contributed by atoms with Crippen molar-refractivity contribution in [3.05, 3.63) is 0 Å². The Balaban J connectivity index is 1.86. The van der Waals surface area contributed by atoms with E-state index < -0.39 is 0 Å². The maximum atomic E-state index is 5.78. The van der Waals surface area contributed by atoms with Gasteiger partial charge in [0.15, 0.2) is 0 Å². The molecule has 1 saturated carbocycles. The molecule has 0 amide bonds. The normalized spacial score (nSPS) is 39.0. The van der Waals surface area contributed by atoms with Crippen molar-refractivity contribution in [3.63, 3.8) is 0 Å². The number of thioether (sulfide) groups is 1. The SMILES string of the molecule is CCCCC1SCOC2CCCC21. The van der Waals surface area contributed by atoms with Crippen LogP contribution in [0.5, 0.6) is 0 Å². The van der Waals surface area contributed by atoms with Gasteiger partial charge in [-0.05, 0) is 25.2 Å². The van der Waals surface area contributed by atoms with Gasteiger partial charge in [-0.2, -0.15) is 0 Å². The minimum atomic E-state index is 0.628. The Morgan fingerprint density at radius 2 is 2.31 bits per heavy atom. The lowest BCUT2D eigenvalue weighted by molar-refractivity contribution is 0.0473. The molecular weight excluding hydrogens is 180 g/mol. The average Bonchev–Trinajstić information content (AvgIpc) is 2.62. The summed E-state index contributed by atoms with van der Waals surface area (Å²) in [5.41, 5.74) is 0. The van der Waals surface area contributed by atoms with Crippen LogP contribution >= 0.6 is 11.8 Å². The summed E-state index contributed by atoms with van der Waals surface area (Å²) in [5.74, 6) is 1.85. The van der Waals surface area contributed by atoms with E-state index in [2.05, 4.69) is 18.7 Å². The van der Waals surface area contributed by atoms with Crippen LogP contribution in [0.4, 0.5) is 0 Å². The van der Waals surface area contributed by atoms with E-state index >= 15 is 0 Å². The van der Waals surface area contributed by atoms with Crippen molar-refractivity contribution in [3.8, 4) is 0 Å². The Bertz CT molecular complexity index is 160. The van der Waals surface area contributed by atoms with Crippen LogP contribution in [0.25, 0.3) is 0 Å². The molecule has 2 heteroatoms. The number of hydrogen-bond donors (Lipinski definition) is 0. The topological polar surface area (TPSA) is 9.23 Å². The van der Waals surface area contributed by atoms with E-state index in [0.29, 0.717) is 6.10 Å². The molecule has 1 aliphatic carbocycles. The van der Waals surface area contributed by atoms with Crippen LogP contribution < -0.4 is 0 Å². The van der Waals surface area contributed by atoms with Crippen molar-refractivity contribution >= 4 is 11.8 Å². The molecule has 76 valence electrons. The van der Waals surface area contributed by atoms with Crippen LogP contribution in [0.2, 0.25) is 0 Å². The second kappa shape index (κ2) is 4.70. The van der Waals surface area contributed by atoms with E-state index in [4.69, 9.17) is 4.74 Å². The Kier molecular flexibility index (Phi) is 3.56. The molecule has 0 N–H and O–H groups in total. The van der Waals surface area contributed by atoms with E-state index in [0.717, 1.165) is 17.1 Å². The van der Waals surface area contributed by atoms with Gasteiger partial charge in [0, 0.05) is 5.25 Å². The van der Waals surface area contributed by atoms with Gasteiger partial charge in [-0.1, -0.05) is 26.2 Å². The maximum Gasteiger partial charge on any atom is 0.0927 e. The largest absolute Gasteiger partial charge is 0.367 e. The molecule has 0 spiro atoms. The summed E-state index contributed by atoms with van der Waals surface area (Å²) in [4.78, 5) is 0. The molecule has 1 saturated heterocycles. The van der Waals surface area contributed by atoms with Gasteiger partial charge in [-0.3, -0.25) is 0 Å². The Morgan fingerprint density at radius 3 is 3.15 bits per heavy atom. The minimum absolute atomic E-state index is 0.628. The number of ether oxygens (including phenoxy) is 1. The molecule has 0 aromatic heterocycles. The van der Waals surface area contributed by atoms with Crippen LogP contribution in [-0.4, -0.2) is 17.3 Å². The van der Waals surface area contributed by atoms with E-state index in [9.17, 15) is 0 Å². The van der Waals surface area contributed by atoms with Crippen molar-refractivity contribution in [1.82, 2.24) is 0 Å². The monoisotopic (exact) mass is 200 g/mol. The molecule has 1 heterocycles. The first-order chi connectivity index (χ1) is 6.42. The van der Waals surface area contributed by atoms with Crippen molar-refractivity contribution < 1.29 is 4.74 Å². The summed E-state index contributed by atoms with van der Waals surface area (Å²) >= 11 is 2.06. The molecule has 1 aliphatic heterocycles. The first-order valence-electron chi connectivity index (χ1n) is 5.65. The second-order valence-corrected chi connectivity index (χ2v) is 5.44. The Hall–Kier alpha value is 0.310. The number of unbranched alkanes of at least 4 members (excludes halogenated alkanes) is 1. The standard InChI is InChI=1S/C11H20OS/c1-2-3-7-11-9-5-4-6-10(9)12-8-13-11/h9-11H,2-8H2,1H3. The molecule has 2 aliphatic rings.